The average Bonchev–Trinajstić information content (AvgIpc) is 1.41. The van der Waals surface area contributed by atoms with Crippen molar-refractivity contribution in [3.8, 4) is 0 Å². The summed E-state index contributed by atoms with van der Waals surface area (Å²) in [5, 5.41) is 5.19. The molecule has 0 amide bonds. The SMILES string of the molecule is O.O.[CH2-]NCN[CH2-].[CH3-].[CH3-].[Cr+2].[Cr+2]. The van der Waals surface area contributed by atoms with E-state index in [1.54, 1.807) is 0 Å². The molecule has 0 bridgehead atoms. The second-order valence-electron chi connectivity index (χ2n) is 0.677. The van der Waals surface area contributed by atoms with Crippen molar-refractivity contribution < 1.29 is 45.7 Å². The number of nitrogens with one attached hydrogen (secondary N) is 2. The first-order valence-electron chi connectivity index (χ1n) is 1.41. The van der Waals surface area contributed by atoms with Crippen LogP contribution in [-0.4, -0.2) is 17.6 Å². The summed E-state index contributed by atoms with van der Waals surface area (Å²) in [7, 11) is 6.65. The summed E-state index contributed by atoms with van der Waals surface area (Å²) >= 11 is 0. The van der Waals surface area contributed by atoms with E-state index in [-0.39, 0.29) is 60.5 Å². The third-order valence-electron chi connectivity index (χ3n) is 0.250. The van der Waals surface area contributed by atoms with Crippen LogP contribution >= 0.6 is 0 Å². The van der Waals surface area contributed by atoms with Gasteiger partial charge in [-0.15, -0.1) is 0 Å². The Morgan fingerprint density at radius 3 is 1.00 bits per heavy atom. The third-order valence-corrected chi connectivity index (χ3v) is 0.250. The summed E-state index contributed by atoms with van der Waals surface area (Å²) < 4.78 is 0. The van der Waals surface area contributed by atoms with Crippen molar-refractivity contribution in [3.63, 3.8) is 0 Å². The molecule has 0 aliphatic rings. The summed E-state index contributed by atoms with van der Waals surface area (Å²) in [6.07, 6.45) is 0. The van der Waals surface area contributed by atoms with Crippen molar-refractivity contribution in [1.82, 2.24) is 10.6 Å². The van der Waals surface area contributed by atoms with E-state index in [1.807, 2.05) is 0 Å². The summed E-state index contributed by atoms with van der Waals surface area (Å²) in [6, 6.07) is 0. The van der Waals surface area contributed by atoms with Gasteiger partial charge in [0.1, 0.15) is 0 Å². The maximum absolute atomic E-state index is 3.32. The van der Waals surface area contributed by atoms with Crippen LogP contribution in [0.3, 0.4) is 0 Å². The Labute approximate surface area is 92.0 Å². The summed E-state index contributed by atoms with van der Waals surface area (Å²) in [5.74, 6) is 0. The van der Waals surface area contributed by atoms with Crippen molar-refractivity contribution in [2.75, 3.05) is 6.67 Å². The van der Waals surface area contributed by atoms with Gasteiger partial charge in [0.05, 0.1) is 0 Å². The molecule has 0 heterocycles. The van der Waals surface area contributed by atoms with E-state index < -0.39 is 0 Å². The van der Waals surface area contributed by atoms with Crippen LogP contribution in [0.5, 0.6) is 0 Å². The van der Waals surface area contributed by atoms with Crippen molar-refractivity contribution in [2.45, 2.75) is 0 Å². The molecule has 72 valence electrons. The Bertz CT molecular complexity index is 28.0. The van der Waals surface area contributed by atoms with Gasteiger partial charge in [0.15, 0.2) is 0 Å². The Morgan fingerprint density at radius 2 is 1.00 bits per heavy atom. The van der Waals surface area contributed by atoms with Crippen molar-refractivity contribution in [1.29, 1.82) is 0 Å². The molecule has 6 heteroatoms. The number of hydrogen-bond donors (Lipinski definition) is 2. The molecule has 11 heavy (non-hydrogen) atoms. The van der Waals surface area contributed by atoms with Gasteiger partial charge < -0.3 is 36.4 Å². The van der Waals surface area contributed by atoms with Crippen LogP contribution in [0.4, 0.5) is 0 Å². The average molecular weight is 242 g/mol. The predicted molar refractivity (Wildman–Crippen MR) is 41.9 cm³/mol. The van der Waals surface area contributed by atoms with E-state index >= 15 is 0 Å². The molecule has 0 saturated carbocycles. The van der Waals surface area contributed by atoms with Gasteiger partial charge in [-0.25, -0.2) is 0 Å². The number of rotatable bonds is 2. The normalized spacial score (nSPS) is 3.82. The van der Waals surface area contributed by atoms with Crippen LogP contribution < -0.4 is 10.6 Å². The minimum Gasteiger partial charge on any atom is -0.463 e. The maximum Gasteiger partial charge on any atom is 2.00 e. The fourth-order valence-electron chi connectivity index (χ4n) is 0.0884. The molecule has 6 N–H and O–H groups in total. The molecule has 0 saturated heterocycles. The molecule has 0 spiro atoms. The van der Waals surface area contributed by atoms with Gasteiger partial charge in [0.2, 0.25) is 0 Å². The quantitative estimate of drug-likeness (QED) is 0.478. The zero-order valence-corrected chi connectivity index (χ0v) is 9.49. The van der Waals surface area contributed by atoms with E-state index in [9.17, 15) is 0 Å². The molecular weight excluding hydrogens is 224 g/mol. The number of hydrogen-bond acceptors (Lipinski definition) is 2. The minimum absolute atomic E-state index is 0. The molecular formula is C5H18Cr2N2O2. The molecule has 0 aliphatic heterocycles. The molecule has 0 fully saturated rings. The van der Waals surface area contributed by atoms with Crippen LogP contribution in [0.2, 0.25) is 0 Å². The maximum atomic E-state index is 3.32. The Hall–Kier alpha value is 0.905. The topological polar surface area (TPSA) is 87.1 Å². The van der Waals surface area contributed by atoms with Gasteiger partial charge in [-0.1, -0.05) is 0 Å². The third kappa shape index (κ3) is 102. The molecule has 4 nitrogen and oxygen atoms in total. The first-order valence-corrected chi connectivity index (χ1v) is 1.41. The van der Waals surface area contributed by atoms with E-state index in [4.69, 9.17) is 0 Å². The monoisotopic (exact) mass is 242 g/mol. The van der Waals surface area contributed by atoms with Gasteiger partial charge in [0.25, 0.3) is 0 Å². The minimum atomic E-state index is 0. The molecule has 0 atom stereocenters. The van der Waals surface area contributed by atoms with E-state index in [0.717, 1.165) is 0 Å². The largest absolute Gasteiger partial charge is 2.00 e. The molecule has 0 aromatic carbocycles. The second-order valence-corrected chi connectivity index (χ2v) is 0.677. The predicted octanol–water partition coefficient (Wildman–Crippen LogP) is -1.05. The van der Waals surface area contributed by atoms with Crippen molar-refractivity contribution in [3.05, 3.63) is 28.9 Å². The van der Waals surface area contributed by atoms with Crippen LogP contribution in [0.25, 0.3) is 0 Å². The van der Waals surface area contributed by atoms with Gasteiger partial charge in [-0.2, -0.15) is 0 Å². The smallest absolute Gasteiger partial charge is 0.463 e. The molecule has 0 aliphatic carbocycles. The second kappa shape index (κ2) is 70.2. The Morgan fingerprint density at radius 1 is 0.818 bits per heavy atom. The zero-order chi connectivity index (χ0) is 4.12. The molecule has 0 unspecified atom stereocenters. The first kappa shape index (κ1) is 58.8. The van der Waals surface area contributed by atoms with E-state index in [1.165, 1.54) is 0 Å². The summed E-state index contributed by atoms with van der Waals surface area (Å²) in [6.45, 7) is 0.667. The first-order chi connectivity index (χ1) is 2.41. The molecule has 0 aromatic heterocycles. The molecule has 0 radical (unpaired) electrons. The van der Waals surface area contributed by atoms with E-state index in [2.05, 4.69) is 24.7 Å². The van der Waals surface area contributed by atoms with Gasteiger partial charge in [0, 0.05) is 0 Å². The van der Waals surface area contributed by atoms with Gasteiger partial charge in [-0.3, -0.25) is 14.1 Å². The Kier molecular flexibility index (Phi) is 375. The Balaban J connectivity index is -0.00000000533. The summed E-state index contributed by atoms with van der Waals surface area (Å²) in [4.78, 5) is 0. The zero-order valence-electron chi connectivity index (χ0n) is 6.94. The van der Waals surface area contributed by atoms with E-state index in [0.29, 0.717) is 6.67 Å². The van der Waals surface area contributed by atoms with Crippen molar-refractivity contribution >= 4 is 0 Å². The van der Waals surface area contributed by atoms with Crippen LogP contribution in [0.1, 0.15) is 0 Å². The summed E-state index contributed by atoms with van der Waals surface area (Å²) in [5.41, 5.74) is 0. The van der Waals surface area contributed by atoms with Gasteiger partial charge in [-0.05, 0) is 6.67 Å². The van der Waals surface area contributed by atoms with Gasteiger partial charge >= 0.3 is 34.7 Å². The van der Waals surface area contributed by atoms with Crippen LogP contribution in [-0.2, 0) is 34.7 Å². The van der Waals surface area contributed by atoms with Crippen LogP contribution in [0.15, 0.2) is 0 Å². The van der Waals surface area contributed by atoms with Crippen LogP contribution in [0, 0.1) is 28.9 Å². The standard InChI is InChI=1S/C3H8N2.2CH3.2Cr.2H2O/c1-4-3-5-2;;;;;;/h4-5H,1-3H2;2*1H3;;;2*1H2/q-2;2*-1;2*+2;;. The fraction of sp³-hybridized carbons (Fsp3) is 0.200. The van der Waals surface area contributed by atoms with Crippen molar-refractivity contribution in [2.24, 2.45) is 0 Å². The fourth-order valence-corrected chi connectivity index (χ4v) is 0.0884. The molecule has 0 rings (SSSR count). The molecule has 0 aromatic rings.